The number of hydrogen-bond donors (Lipinski definition) is 0. The summed E-state index contributed by atoms with van der Waals surface area (Å²) in [6, 6.07) is 54.8. The highest BCUT2D eigenvalue weighted by molar-refractivity contribution is 7.01. The first-order chi connectivity index (χ1) is 26.2. The number of fused-ring (bicyclic) bond motifs is 8. The maximum Gasteiger partial charge on any atom is 0.253 e. The van der Waals surface area contributed by atoms with Gasteiger partial charge in [0.25, 0.3) is 6.71 Å². The van der Waals surface area contributed by atoms with Crippen molar-refractivity contribution < 1.29 is 0 Å². The predicted octanol–water partition coefficient (Wildman–Crippen LogP) is 8.69. The average molecular weight is 679 g/mol. The van der Waals surface area contributed by atoms with Crippen molar-refractivity contribution in [2.24, 2.45) is 0 Å². The van der Waals surface area contributed by atoms with Gasteiger partial charge in [0.1, 0.15) is 0 Å². The van der Waals surface area contributed by atoms with E-state index in [1.165, 1.54) is 60.0 Å². The van der Waals surface area contributed by atoms with E-state index in [-0.39, 0.29) is 6.71 Å². The van der Waals surface area contributed by atoms with Crippen LogP contribution in [0.1, 0.15) is 11.4 Å². The summed E-state index contributed by atoms with van der Waals surface area (Å²) in [6.07, 6.45) is 0. The van der Waals surface area contributed by atoms with Crippen molar-refractivity contribution in [2.45, 2.75) is 13.8 Å². The second-order valence-electron chi connectivity index (χ2n) is 14.3. The molecule has 0 radical (unpaired) electrons. The maximum atomic E-state index is 5.40. The van der Waals surface area contributed by atoms with Crippen molar-refractivity contribution in [1.29, 1.82) is 0 Å². The third-order valence-electron chi connectivity index (χ3n) is 11.5. The van der Waals surface area contributed by atoms with E-state index in [4.69, 9.17) is 10.2 Å². The van der Waals surface area contributed by atoms with Crippen LogP contribution in [-0.4, -0.2) is 30.8 Å². The SMILES string of the molecule is Cc1nn2c3c(cccc13)B1c3c-2cc(N(c2ccccc2)c2ccccc2)cc3-n2nc(C)c3cc4c(c1c32)c1ccccc1n4-c1ccccc1. The number of nitrogens with zero attached hydrogens (tertiary/aromatic N) is 6. The zero-order valence-electron chi connectivity index (χ0n) is 29.2. The van der Waals surface area contributed by atoms with Gasteiger partial charge in [0, 0.05) is 38.6 Å². The van der Waals surface area contributed by atoms with Crippen molar-refractivity contribution in [3.63, 3.8) is 0 Å². The van der Waals surface area contributed by atoms with Crippen LogP contribution < -0.4 is 21.3 Å². The van der Waals surface area contributed by atoms with Gasteiger partial charge >= 0.3 is 0 Å². The number of anilines is 3. The number of benzene rings is 7. The molecule has 5 heterocycles. The first-order valence-corrected chi connectivity index (χ1v) is 18.2. The van der Waals surface area contributed by atoms with Gasteiger partial charge in [-0.15, -0.1) is 0 Å². The molecular formula is C46H31BN6. The first-order valence-electron chi connectivity index (χ1n) is 18.2. The highest BCUT2D eigenvalue weighted by Gasteiger charge is 2.43. The average Bonchev–Trinajstić information content (AvgIpc) is 3.85. The van der Waals surface area contributed by atoms with Crippen molar-refractivity contribution in [1.82, 2.24) is 24.1 Å². The maximum absolute atomic E-state index is 5.40. The fourth-order valence-corrected chi connectivity index (χ4v) is 9.41. The lowest BCUT2D eigenvalue weighted by Crippen LogP contribution is -2.59. The molecule has 0 N–H and O–H groups in total. The van der Waals surface area contributed by atoms with Crippen molar-refractivity contribution in [3.8, 4) is 17.1 Å². The number of aryl methyl sites for hydroxylation is 2. The Kier molecular flexibility index (Phi) is 5.63. The minimum atomic E-state index is -0.0342. The lowest BCUT2D eigenvalue weighted by Gasteiger charge is -2.34. The fourth-order valence-electron chi connectivity index (χ4n) is 9.41. The standard InChI is InChI=1S/C46H31BN6/c1-28-34-22-14-23-37-45(34)52(48-28)40-25-33(50(30-15-6-3-7-16-30)31-17-8-4-9-18-31)26-41-43(40)47(37)44-42-35-21-12-13-24-38(35)51(32-19-10-5-11-20-32)39(42)27-36-29(2)49-53(41)46(36)44/h3-27H,1-2H3. The Morgan fingerprint density at radius 3 is 1.77 bits per heavy atom. The third-order valence-corrected chi connectivity index (χ3v) is 11.5. The summed E-state index contributed by atoms with van der Waals surface area (Å²) >= 11 is 0. The molecule has 2 aliphatic rings. The molecule has 6 nitrogen and oxygen atoms in total. The first kappa shape index (κ1) is 28.8. The Hall–Kier alpha value is -6.86. The van der Waals surface area contributed by atoms with Gasteiger partial charge in [-0.3, -0.25) is 0 Å². The summed E-state index contributed by atoms with van der Waals surface area (Å²) in [5.41, 5.74) is 17.2. The number of hydrogen-bond acceptors (Lipinski definition) is 3. The Morgan fingerprint density at radius 2 is 1.08 bits per heavy atom. The minimum absolute atomic E-state index is 0.0342. The van der Waals surface area contributed by atoms with Crippen molar-refractivity contribution >= 4 is 83.8 Å². The van der Waals surface area contributed by atoms with Gasteiger partial charge in [-0.25, -0.2) is 9.36 Å². The summed E-state index contributed by atoms with van der Waals surface area (Å²) in [7, 11) is 0. The molecular weight excluding hydrogens is 647 g/mol. The number of para-hydroxylation sites is 5. The third kappa shape index (κ3) is 3.73. The van der Waals surface area contributed by atoms with Crippen LogP contribution in [0.2, 0.25) is 0 Å². The van der Waals surface area contributed by atoms with E-state index in [0.717, 1.165) is 45.5 Å². The van der Waals surface area contributed by atoms with Crippen LogP contribution in [0.3, 0.4) is 0 Å². The molecule has 0 saturated carbocycles. The molecule has 0 unspecified atom stereocenters. The summed E-state index contributed by atoms with van der Waals surface area (Å²) < 4.78 is 6.88. The molecule has 0 fully saturated rings. The van der Waals surface area contributed by atoms with Gasteiger partial charge in [0.2, 0.25) is 0 Å². The molecule has 0 aliphatic carbocycles. The van der Waals surface area contributed by atoms with E-state index >= 15 is 0 Å². The fraction of sp³-hybridized carbons (Fsp3) is 0.0435. The topological polar surface area (TPSA) is 43.8 Å². The largest absolute Gasteiger partial charge is 0.310 e. The molecule has 10 aromatic rings. The Morgan fingerprint density at radius 1 is 0.491 bits per heavy atom. The van der Waals surface area contributed by atoms with E-state index in [1.807, 2.05) is 0 Å². The summed E-state index contributed by atoms with van der Waals surface area (Å²) in [5.74, 6) is 0. The Balaban J connectivity index is 1.27. The molecule has 7 heteroatoms. The van der Waals surface area contributed by atoms with Gasteiger partial charge in [-0.2, -0.15) is 10.2 Å². The van der Waals surface area contributed by atoms with Gasteiger partial charge < -0.3 is 9.47 Å². The normalized spacial score (nSPS) is 12.7. The molecule has 0 atom stereocenters. The lowest BCUT2D eigenvalue weighted by atomic mass is 9.33. The van der Waals surface area contributed by atoms with Gasteiger partial charge in [0.05, 0.1) is 50.5 Å². The quantitative estimate of drug-likeness (QED) is 0.175. The molecule has 12 rings (SSSR count). The number of aromatic nitrogens is 5. The van der Waals surface area contributed by atoms with Crippen LogP contribution in [0.5, 0.6) is 0 Å². The molecule has 7 aromatic carbocycles. The Labute approximate surface area is 305 Å². The van der Waals surface area contributed by atoms with Gasteiger partial charge in [-0.05, 0) is 90.9 Å². The molecule has 248 valence electrons. The van der Waals surface area contributed by atoms with Crippen LogP contribution in [0.25, 0.3) is 60.7 Å². The van der Waals surface area contributed by atoms with Crippen molar-refractivity contribution in [3.05, 3.63) is 163 Å². The zero-order valence-corrected chi connectivity index (χ0v) is 29.2. The highest BCUT2D eigenvalue weighted by atomic mass is 15.3. The molecule has 0 spiro atoms. The Bertz CT molecular complexity index is 3100. The lowest BCUT2D eigenvalue weighted by molar-refractivity contribution is 0.871. The molecule has 0 amide bonds. The monoisotopic (exact) mass is 678 g/mol. The van der Waals surface area contributed by atoms with Gasteiger partial charge in [0.15, 0.2) is 0 Å². The van der Waals surface area contributed by atoms with E-state index in [0.29, 0.717) is 0 Å². The van der Waals surface area contributed by atoms with E-state index in [1.54, 1.807) is 0 Å². The molecule has 2 aliphatic heterocycles. The van der Waals surface area contributed by atoms with E-state index in [9.17, 15) is 0 Å². The van der Waals surface area contributed by atoms with Crippen LogP contribution in [0, 0.1) is 13.8 Å². The number of rotatable bonds is 4. The van der Waals surface area contributed by atoms with Crippen LogP contribution in [0.15, 0.2) is 152 Å². The molecule has 53 heavy (non-hydrogen) atoms. The molecule has 0 bridgehead atoms. The van der Waals surface area contributed by atoms with E-state index in [2.05, 4.69) is 184 Å². The smallest absolute Gasteiger partial charge is 0.253 e. The van der Waals surface area contributed by atoms with Crippen LogP contribution >= 0.6 is 0 Å². The van der Waals surface area contributed by atoms with E-state index < -0.39 is 0 Å². The van der Waals surface area contributed by atoms with Crippen LogP contribution in [0.4, 0.5) is 17.1 Å². The van der Waals surface area contributed by atoms with Crippen LogP contribution in [-0.2, 0) is 0 Å². The minimum Gasteiger partial charge on any atom is -0.310 e. The second-order valence-corrected chi connectivity index (χ2v) is 14.3. The molecule has 3 aromatic heterocycles. The summed E-state index contributed by atoms with van der Waals surface area (Å²) in [5, 5.41) is 15.6. The van der Waals surface area contributed by atoms with Gasteiger partial charge in [-0.1, -0.05) is 91.0 Å². The second kappa shape index (κ2) is 10.4. The molecule has 0 saturated heterocycles. The highest BCUT2D eigenvalue weighted by Crippen LogP contribution is 2.42. The predicted molar refractivity (Wildman–Crippen MR) is 219 cm³/mol. The van der Waals surface area contributed by atoms with Crippen molar-refractivity contribution in [2.75, 3.05) is 4.90 Å². The summed E-state index contributed by atoms with van der Waals surface area (Å²) in [4.78, 5) is 2.35. The zero-order chi connectivity index (χ0) is 34.9. The summed E-state index contributed by atoms with van der Waals surface area (Å²) in [6.45, 7) is 4.26.